The second kappa shape index (κ2) is 7.81. The lowest BCUT2D eigenvalue weighted by Crippen LogP contribution is -2.14. The molecule has 0 bridgehead atoms. The Hall–Kier alpha value is -2.86. The number of nitrogens with one attached hydrogen (secondary N) is 2. The minimum atomic E-state index is -0.332. The molecule has 7 heteroatoms. The first-order chi connectivity index (χ1) is 12.1. The summed E-state index contributed by atoms with van der Waals surface area (Å²) in [5.41, 5.74) is 2.36. The largest absolute Gasteiger partial charge is 0.383 e. The van der Waals surface area contributed by atoms with Crippen LogP contribution in [-0.2, 0) is 6.42 Å². The van der Waals surface area contributed by atoms with E-state index in [1.165, 1.54) is 5.56 Å². The molecular formula is C18H17ClN4O2. The molecule has 1 aromatic carbocycles. The molecule has 1 amide bonds. The van der Waals surface area contributed by atoms with Crippen LogP contribution in [0.15, 0.2) is 53.2 Å². The first-order valence-electron chi connectivity index (χ1n) is 7.79. The van der Waals surface area contributed by atoms with Gasteiger partial charge in [0.2, 0.25) is 0 Å². The van der Waals surface area contributed by atoms with E-state index in [0.29, 0.717) is 17.3 Å². The van der Waals surface area contributed by atoms with Crippen molar-refractivity contribution in [1.82, 2.24) is 10.1 Å². The van der Waals surface area contributed by atoms with Crippen LogP contribution in [0.4, 0.5) is 11.5 Å². The Labute approximate surface area is 150 Å². The molecule has 3 rings (SSSR count). The Morgan fingerprint density at radius 2 is 2.00 bits per heavy atom. The van der Waals surface area contributed by atoms with Crippen LogP contribution in [0.3, 0.4) is 0 Å². The molecule has 2 heterocycles. The molecule has 3 aromatic rings. The highest BCUT2D eigenvalue weighted by Gasteiger charge is 2.10. The number of aromatic nitrogens is 2. The summed E-state index contributed by atoms with van der Waals surface area (Å²) in [6.45, 7) is 2.51. The lowest BCUT2D eigenvalue weighted by Gasteiger charge is -2.07. The van der Waals surface area contributed by atoms with Gasteiger partial charge in [-0.05, 0) is 43.2 Å². The monoisotopic (exact) mass is 356 g/mol. The van der Waals surface area contributed by atoms with Crippen molar-refractivity contribution < 1.29 is 9.32 Å². The van der Waals surface area contributed by atoms with E-state index in [9.17, 15) is 4.79 Å². The lowest BCUT2D eigenvalue weighted by atomic mass is 10.1. The quantitative estimate of drug-likeness (QED) is 0.699. The Balaban J connectivity index is 1.51. The minimum absolute atomic E-state index is 0.309. The number of benzene rings is 1. The summed E-state index contributed by atoms with van der Waals surface area (Å²) in [6.07, 6.45) is 2.50. The average Bonchev–Trinajstić information content (AvgIpc) is 3.02. The van der Waals surface area contributed by atoms with Gasteiger partial charge in [-0.2, -0.15) is 0 Å². The molecule has 0 aliphatic heterocycles. The molecule has 2 aromatic heterocycles. The normalized spacial score (nSPS) is 10.5. The van der Waals surface area contributed by atoms with Gasteiger partial charge in [0.05, 0.1) is 11.9 Å². The summed E-state index contributed by atoms with van der Waals surface area (Å²) in [5.74, 6) is 0.666. The predicted octanol–water partition coefficient (Wildman–Crippen LogP) is 3.94. The van der Waals surface area contributed by atoms with Crippen LogP contribution in [0.1, 0.15) is 21.8 Å². The van der Waals surface area contributed by atoms with Crippen LogP contribution in [0.5, 0.6) is 0 Å². The van der Waals surface area contributed by atoms with Crippen LogP contribution in [0.25, 0.3) is 0 Å². The van der Waals surface area contributed by atoms with Crippen LogP contribution in [0.2, 0.25) is 5.02 Å². The molecule has 0 aliphatic carbocycles. The molecule has 6 nitrogen and oxygen atoms in total. The van der Waals surface area contributed by atoms with E-state index < -0.39 is 0 Å². The van der Waals surface area contributed by atoms with Crippen LogP contribution >= 0.6 is 11.6 Å². The predicted molar refractivity (Wildman–Crippen MR) is 97.1 cm³/mol. The fraction of sp³-hybridized carbons (Fsp3) is 0.167. The summed E-state index contributed by atoms with van der Waals surface area (Å²) in [5, 5.41) is 10.4. The van der Waals surface area contributed by atoms with Crippen molar-refractivity contribution in [2.24, 2.45) is 0 Å². The Kier molecular flexibility index (Phi) is 5.30. The number of anilines is 2. The summed E-state index contributed by atoms with van der Waals surface area (Å²) in [6, 6.07) is 12.9. The average molecular weight is 357 g/mol. The van der Waals surface area contributed by atoms with Crippen molar-refractivity contribution in [3.05, 3.63) is 70.7 Å². The second-order valence-electron chi connectivity index (χ2n) is 5.51. The third kappa shape index (κ3) is 4.81. The van der Waals surface area contributed by atoms with Crippen molar-refractivity contribution in [3.8, 4) is 0 Å². The van der Waals surface area contributed by atoms with E-state index in [1.54, 1.807) is 25.3 Å². The van der Waals surface area contributed by atoms with Gasteiger partial charge >= 0.3 is 0 Å². The number of hydrogen-bond donors (Lipinski definition) is 2. The van der Waals surface area contributed by atoms with Crippen LogP contribution < -0.4 is 10.6 Å². The van der Waals surface area contributed by atoms with Gasteiger partial charge in [0.15, 0.2) is 5.82 Å². The van der Waals surface area contributed by atoms with E-state index in [-0.39, 0.29) is 5.91 Å². The third-order valence-electron chi connectivity index (χ3n) is 3.52. The zero-order valence-corrected chi connectivity index (χ0v) is 14.4. The molecule has 0 atom stereocenters. The summed E-state index contributed by atoms with van der Waals surface area (Å²) in [7, 11) is 0. The smallest absolute Gasteiger partial charge is 0.275 e. The molecule has 128 valence electrons. The fourth-order valence-corrected chi connectivity index (χ4v) is 2.37. The van der Waals surface area contributed by atoms with Crippen molar-refractivity contribution in [1.29, 1.82) is 0 Å². The number of carbonyl (C=O) groups is 1. The van der Waals surface area contributed by atoms with Crippen molar-refractivity contribution >= 4 is 29.0 Å². The van der Waals surface area contributed by atoms with E-state index in [4.69, 9.17) is 16.1 Å². The second-order valence-corrected chi connectivity index (χ2v) is 5.95. The van der Waals surface area contributed by atoms with Gasteiger partial charge in [0.25, 0.3) is 5.91 Å². The molecule has 25 heavy (non-hydrogen) atoms. The van der Waals surface area contributed by atoms with Gasteiger partial charge in [-0.15, -0.1) is 0 Å². The van der Waals surface area contributed by atoms with Gasteiger partial charge in [0.1, 0.15) is 11.5 Å². The van der Waals surface area contributed by atoms with E-state index in [2.05, 4.69) is 20.8 Å². The van der Waals surface area contributed by atoms with Gasteiger partial charge < -0.3 is 15.2 Å². The molecule has 0 aliphatic rings. The highest BCUT2D eigenvalue weighted by atomic mass is 35.5. The standard InChI is InChI=1S/C18H17ClN4O2/c1-12-10-17(23-25-12)22-18(24)16-7-6-15(11-21-16)20-9-8-13-2-4-14(19)5-3-13/h2-7,10-11,20H,8-9H2,1H3,(H,22,23,24). The highest BCUT2D eigenvalue weighted by molar-refractivity contribution is 6.30. The van der Waals surface area contributed by atoms with Gasteiger partial charge in [0, 0.05) is 17.6 Å². The van der Waals surface area contributed by atoms with E-state index >= 15 is 0 Å². The molecule has 0 fully saturated rings. The zero-order chi connectivity index (χ0) is 17.6. The topological polar surface area (TPSA) is 80.0 Å². The van der Waals surface area contributed by atoms with Crippen molar-refractivity contribution in [3.63, 3.8) is 0 Å². The number of pyridine rings is 1. The number of hydrogen-bond acceptors (Lipinski definition) is 5. The van der Waals surface area contributed by atoms with Crippen LogP contribution in [0, 0.1) is 6.92 Å². The summed E-state index contributed by atoms with van der Waals surface area (Å²) >= 11 is 5.87. The maximum Gasteiger partial charge on any atom is 0.275 e. The SMILES string of the molecule is Cc1cc(NC(=O)c2ccc(NCCc3ccc(Cl)cc3)cn2)no1. The summed E-state index contributed by atoms with van der Waals surface area (Å²) < 4.78 is 4.91. The number of carbonyl (C=O) groups excluding carboxylic acids is 1. The van der Waals surface area contributed by atoms with Crippen molar-refractivity contribution in [2.75, 3.05) is 17.2 Å². The van der Waals surface area contributed by atoms with Crippen molar-refractivity contribution in [2.45, 2.75) is 13.3 Å². The van der Waals surface area contributed by atoms with Gasteiger partial charge in [-0.1, -0.05) is 28.9 Å². The number of nitrogens with zero attached hydrogens (tertiary/aromatic N) is 2. The fourth-order valence-electron chi connectivity index (χ4n) is 2.24. The molecular weight excluding hydrogens is 340 g/mol. The highest BCUT2D eigenvalue weighted by Crippen LogP contribution is 2.12. The summed E-state index contributed by atoms with van der Waals surface area (Å²) in [4.78, 5) is 16.2. The zero-order valence-electron chi connectivity index (χ0n) is 13.6. The van der Waals surface area contributed by atoms with E-state index in [0.717, 1.165) is 23.7 Å². The maximum atomic E-state index is 12.1. The van der Waals surface area contributed by atoms with Gasteiger partial charge in [-0.3, -0.25) is 4.79 Å². The first kappa shape index (κ1) is 17.0. The Morgan fingerprint density at radius 1 is 1.20 bits per heavy atom. The number of halogens is 1. The Morgan fingerprint density at radius 3 is 2.64 bits per heavy atom. The number of amides is 1. The van der Waals surface area contributed by atoms with Gasteiger partial charge in [-0.25, -0.2) is 4.98 Å². The lowest BCUT2D eigenvalue weighted by molar-refractivity contribution is 0.102. The molecule has 0 unspecified atom stereocenters. The first-order valence-corrected chi connectivity index (χ1v) is 8.17. The molecule has 0 radical (unpaired) electrons. The van der Waals surface area contributed by atoms with Crippen LogP contribution in [-0.4, -0.2) is 22.6 Å². The Bertz CT molecular complexity index is 844. The van der Waals surface area contributed by atoms with E-state index in [1.807, 2.05) is 30.3 Å². The number of aryl methyl sites for hydroxylation is 1. The molecule has 0 saturated carbocycles. The maximum absolute atomic E-state index is 12.1. The molecule has 2 N–H and O–H groups in total. The third-order valence-corrected chi connectivity index (χ3v) is 3.77. The molecule has 0 spiro atoms. The minimum Gasteiger partial charge on any atom is -0.383 e. The number of rotatable bonds is 6. The molecule has 0 saturated heterocycles.